The number of anilines is 1. The maximum atomic E-state index is 13.4. The fraction of sp³-hybridized carbons (Fsp3) is 0.333. The van der Waals surface area contributed by atoms with Crippen LogP contribution in [0.3, 0.4) is 0 Å². The Hall–Kier alpha value is -3.73. The molecule has 35 heavy (non-hydrogen) atoms. The number of hydrogen-bond acceptors (Lipinski definition) is 9. The first-order chi connectivity index (χ1) is 16.4. The summed E-state index contributed by atoms with van der Waals surface area (Å²) in [6.07, 6.45) is 1.46. The average Bonchev–Trinajstić information content (AvgIpc) is 2.81. The number of hydrogen-bond donors (Lipinski definition) is 0. The van der Waals surface area contributed by atoms with Crippen LogP contribution in [0.5, 0.6) is 0 Å². The maximum absolute atomic E-state index is 13.4. The van der Waals surface area contributed by atoms with E-state index < -0.39 is 45.5 Å². The van der Waals surface area contributed by atoms with Crippen LogP contribution in [-0.4, -0.2) is 51.3 Å². The number of esters is 2. The predicted molar refractivity (Wildman–Crippen MR) is 127 cm³/mol. The van der Waals surface area contributed by atoms with Crippen LogP contribution >= 0.6 is 0 Å². The van der Waals surface area contributed by atoms with E-state index in [2.05, 4.69) is 11.6 Å². The summed E-state index contributed by atoms with van der Waals surface area (Å²) in [5.74, 6) is -4.08. The van der Waals surface area contributed by atoms with Crippen LogP contribution < -0.4 is 4.31 Å². The molecule has 0 radical (unpaired) electrons. The number of benzene rings is 1. The number of carbonyl (C=O) groups is 3. The second-order valence-corrected chi connectivity index (χ2v) is 10.0. The Morgan fingerprint density at radius 2 is 1.66 bits per heavy atom. The van der Waals surface area contributed by atoms with Gasteiger partial charge in [0.15, 0.2) is 10.9 Å². The zero-order valence-corrected chi connectivity index (χ0v) is 20.9. The Balaban J connectivity index is 2.68. The first kappa shape index (κ1) is 27.5. The van der Waals surface area contributed by atoms with Gasteiger partial charge in [0.1, 0.15) is 5.60 Å². The fourth-order valence-corrected chi connectivity index (χ4v) is 4.46. The summed E-state index contributed by atoms with van der Waals surface area (Å²) in [6, 6.07) is 9.98. The minimum absolute atomic E-state index is 0.0947. The number of ether oxygens (including phenoxy) is 3. The van der Waals surface area contributed by atoms with Gasteiger partial charge in [-0.15, -0.1) is 6.58 Å². The Labute approximate surface area is 204 Å². The summed E-state index contributed by atoms with van der Waals surface area (Å²) in [4.78, 5) is 41.7. The maximum Gasteiger partial charge on any atom is 0.429 e. The lowest BCUT2D eigenvalue weighted by Gasteiger charge is -2.27. The molecule has 1 aromatic carbocycles. The molecule has 0 saturated carbocycles. The third kappa shape index (κ3) is 6.44. The number of rotatable bonds is 8. The van der Waals surface area contributed by atoms with Gasteiger partial charge in [-0.3, -0.25) is 9.59 Å². The van der Waals surface area contributed by atoms with E-state index in [0.29, 0.717) is 9.87 Å². The highest BCUT2D eigenvalue weighted by Crippen LogP contribution is 2.33. The summed E-state index contributed by atoms with van der Waals surface area (Å²) in [7, 11) is -2.25. The average molecular weight is 505 g/mol. The van der Waals surface area contributed by atoms with Gasteiger partial charge in [0, 0.05) is 12.1 Å². The molecule has 0 aliphatic rings. The van der Waals surface area contributed by atoms with Crippen molar-refractivity contribution in [3.05, 3.63) is 66.9 Å². The molecule has 188 valence electrons. The summed E-state index contributed by atoms with van der Waals surface area (Å²) < 4.78 is 42.2. The lowest BCUT2D eigenvalue weighted by atomic mass is 9.85. The highest BCUT2D eigenvalue weighted by Gasteiger charge is 2.39. The van der Waals surface area contributed by atoms with Crippen LogP contribution in [0.25, 0.3) is 0 Å². The van der Waals surface area contributed by atoms with E-state index in [1.54, 1.807) is 26.8 Å². The Bertz CT molecular complexity index is 1170. The highest BCUT2D eigenvalue weighted by atomic mass is 32.2. The van der Waals surface area contributed by atoms with E-state index in [0.717, 1.165) is 14.2 Å². The van der Waals surface area contributed by atoms with E-state index in [9.17, 15) is 22.8 Å². The highest BCUT2D eigenvalue weighted by molar-refractivity contribution is 7.93. The molecule has 11 heteroatoms. The predicted octanol–water partition coefficient (Wildman–Crippen LogP) is 3.44. The number of methoxy groups -OCH3 is 2. The third-order valence-electron chi connectivity index (χ3n) is 4.71. The molecule has 2 rings (SSSR count). The van der Waals surface area contributed by atoms with Crippen molar-refractivity contribution in [1.82, 2.24) is 4.98 Å². The molecule has 0 unspecified atom stereocenters. The summed E-state index contributed by atoms with van der Waals surface area (Å²) in [5.41, 5.74) is -0.789. The molecule has 1 atom stereocenters. The van der Waals surface area contributed by atoms with Crippen LogP contribution in [-0.2, 0) is 33.8 Å². The molecule has 0 bridgehead atoms. The largest absolute Gasteiger partial charge is 0.468 e. The minimum atomic E-state index is -4.50. The first-order valence-electron chi connectivity index (χ1n) is 10.4. The third-order valence-corrected chi connectivity index (χ3v) is 6.33. The fourth-order valence-electron chi connectivity index (χ4n) is 3.21. The summed E-state index contributed by atoms with van der Waals surface area (Å²) in [6.45, 7) is 8.48. The molecule has 0 aliphatic heterocycles. The van der Waals surface area contributed by atoms with Gasteiger partial charge in [-0.05, 0) is 50.6 Å². The van der Waals surface area contributed by atoms with Gasteiger partial charge in [0.05, 0.1) is 19.9 Å². The quantitative estimate of drug-likeness (QED) is 0.230. The van der Waals surface area contributed by atoms with Gasteiger partial charge in [0.25, 0.3) is 10.0 Å². The molecule has 10 nitrogen and oxygen atoms in total. The Kier molecular flexibility index (Phi) is 8.75. The van der Waals surface area contributed by atoms with Gasteiger partial charge >= 0.3 is 18.0 Å². The molecule has 1 amide bonds. The number of pyridine rings is 1. The number of sulfonamides is 1. The van der Waals surface area contributed by atoms with Crippen LogP contribution in [0, 0.1) is 5.92 Å². The number of amides is 1. The van der Waals surface area contributed by atoms with Gasteiger partial charge in [-0.25, -0.2) is 9.78 Å². The smallest absolute Gasteiger partial charge is 0.429 e. The molecule has 0 saturated heterocycles. The summed E-state index contributed by atoms with van der Waals surface area (Å²) in [5, 5.41) is -0.376. The zero-order chi connectivity index (χ0) is 26.4. The second kappa shape index (κ2) is 11.1. The molecule has 1 aromatic heterocycles. The first-order valence-corrected chi connectivity index (χ1v) is 11.9. The van der Waals surface area contributed by atoms with Crippen LogP contribution in [0.4, 0.5) is 10.5 Å². The Morgan fingerprint density at radius 1 is 1.03 bits per heavy atom. The number of nitrogens with zero attached hydrogens (tertiary/aromatic N) is 2. The van der Waals surface area contributed by atoms with Crippen molar-refractivity contribution < 1.29 is 37.0 Å². The minimum Gasteiger partial charge on any atom is -0.468 e. The van der Waals surface area contributed by atoms with Gasteiger partial charge < -0.3 is 14.2 Å². The van der Waals surface area contributed by atoms with E-state index in [-0.39, 0.29) is 10.7 Å². The van der Waals surface area contributed by atoms with Crippen molar-refractivity contribution in [3.8, 4) is 0 Å². The molecule has 0 fully saturated rings. The molecular formula is C24H28N2O8S. The van der Waals surface area contributed by atoms with Crippen molar-refractivity contribution in [2.45, 2.75) is 37.3 Å². The second-order valence-electron chi connectivity index (χ2n) is 8.30. The lowest BCUT2D eigenvalue weighted by Crippen LogP contribution is -2.41. The van der Waals surface area contributed by atoms with Crippen LogP contribution in [0.2, 0.25) is 0 Å². The number of carbonyl (C=O) groups excluding carboxylic acids is 3. The molecule has 1 heterocycles. The molecule has 0 aliphatic carbocycles. The van der Waals surface area contributed by atoms with E-state index in [4.69, 9.17) is 14.2 Å². The van der Waals surface area contributed by atoms with Crippen LogP contribution in [0.1, 0.15) is 32.3 Å². The van der Waals surface area contributed by atoms with Gasteiger partial charge in [-0.2, -0.15) is 12.7 Å². The van der Waals surface area contributed by atoms with Crippen LogP contribution in [0.15, 0.2) is 66.3 Å². The number of allylic oxidation sites excluding steroid dienone is 1. The summed E-state index contributed by atoms with van der Waals surface area (Å²) >= 11 is 0. The zero-order valence-electron chi connectivity index (χ0n) is 20.1. The van der Waals surface area contributed by atoms with Crippen molar-refractivity contribution in [1.29, 1.82) is 0 Å². The van der Waals surface area contributed by atoms with Gasteiger partial charge in [-0.1, -0.05) is 24.3 Å². The van der Waals surface area contributed by atoms with Crippen molar-refractivity contribution >= 4 is 33.7 Å². The van der Waals surface area contributed by atoms with E-state index in [1.807, 2.05) is 0 Å². The van der Waals surface area contributed by atoms with Crippen molar-refractivity contribution in [3.63, 3.8) is 0 Å². The Morgan fingerprint density at radius 3 is 2.14 bits per heavy atom. The monoisotopic (exact) mass is 504 g/mol. The van der Waals surface area contributed by atoms with Gasteiger partial charge in [0.2, 0.25) is 0 Å². The molecule has 0 spiro atoms. The molecule has 2 aromatic rings. The van der Waals surface area contributed by atoms with E-state index >= 15 is 0 Å². The SMILES string of the molecule is C=C[C@H](c1cccc(N(C(=O)OC(C)(C)C)S(=O)(=O)c2ccccn2)c1)C(C(=O)OC)C(=O)OC. The lowest BCUT2D eigenvalue weighted by molar-refractivity contribution is -0.159. The van der Waals surface area contributed by atoms with E-state index in [1.165, 1.54) is 48.7 Å². The normalized spacial score (nSPS) is 12.4. The topological polar surface area (TPSA) is 129 Å². The molecule has 0 N–H and O–H groups in total. The standard InChI is InChI=1S/C24H28N2O8S/c1-7-18(20(21(27)32-5)22(28)33-6)16-11-10-12-17(15-16)26(23(29)34-24(2,3)4)35(30,31)19-13-8-9-14-25-19/h7-15,18,20H,1H2,2-6H3/t18-/m1/s1. The van der Waals surface area contributed by atoms with Crippen molar-refractivity contribution in [2.24, 2.45) is 5.92 Å². The number of aromatic nitrogens is 1. The van der Waals surface area contributed by atoms with Crippen molar-refractivity contribution in [2.75, 3.05) is 18.5 Å². The molecular weight excluding hydrogens is 476 g/mol.